The molecule has 47 heavy (non-hydrogen) atoms. The first-order chi connectivity index (χ1) is 22.7. The summed E-state index contributed by atoms with van der Waals surface area (Å²) in [5.74, 6) is 3.21. The van der Waals surface area contributed by atoms with Crippen molar-refractivity contribution in [2.24, 2.45) is 34.5 Å². The van der Waals surface area contributed by atoms with E-state index in [-0.39, 0.29) is 17.5 Å². The van der Waals surface area contributed by atoms with Crippen molar-refractivity contribution in [2.45, 2.75) is 195 Å². The fourth-order valence-corrected chi connectivity index (χ4v) is 10.0. The van der Waals surface area contributed by atoms with E-state index in [2.05, 4.69) is 71.9 Å². The highest BCUT2D eigenvalue weighted by molar-refractivity contribution is 5.69. The minimum atomic E-state index is 0.0241. The molecule has 0 saturated heterocycles. The van der Waals surface area contributed by atoms with Crippen molar-refractivity contribution in [3.05, 3.63) is 47.1 Å². The largest absolute Gasteiger partial charge is 0.462 e. The summed E-state index contributed by atoms with van der Waals surface area (Å²) in [4.78, 5) is 12.8. The summed E-state index contributed by atoms with van der Waals surface area (Å²) in [7, 11) is 0. The van der Waals surface area contributed by atoms with E-state index < -0.39 is 0 Å². The molecule has 0 N–H and O–H groups in total. The van der Waals surface area contributed by atoms with E-state index >= 15 is 0 Å². The van der Waals surface area contributed by atoms with Gasteiger partial charge in [-0.15, -0.1) is 0 Å². The number of ether oxygens (including phenoxy) is 1. The molecule has 0 heterocycles. The van der Waals surface area contributed by atoms with Crippen LogP contribution >= 0.6 is 0 Å². The van der Waals surface area contributed by atoms with E-state index in [1.165, 1.54) is 115 Å². The molecule has 1 unspecified atom stereocenters. The van der Waals surface area contributed by atoms with Crippen molar-refractivity contribution >= 4 is 5.97 Å². The molecular formula is C45H74O2. The summed E-state index contributed by atoms with van der Waals surface area (Å²) in [6.07, 6.45) is 40.8. The zero-order chi connectivity index (χ0) is 33.7. The molecule has 4 aliphatic rings. The zero-order valence-corrected chi connectivity index (χ0v) is 31.9. The predicted molar refractivity (Wildman–Crippen MR) is 202 cm³/mol. The molecule has 0 aromatic rings. The van der Waals surface area contributed by atoms with Gasteiger partial charge in [-0.05, 0) is 104 Å². The number of esters is 1. The molecule has 2 heteroatoms. The Bertz CT molecular complexity index is 1090. The molecule has 0 aromatic carbocycles. The third-order valence-electron chi connectivity index (χ3n) is 13.1. The van der Waals surface area contributed by atoms with E-state index in [0.29, 0.717) is 17.8 Å². The summed E-state index contributed by atoms with van der Waals surface area (Å²) >= 11 is 0. The smallest absolute Gasteiger partial charge is 0.306 e. The van der Waals surface area contributed by atoms with Crippen LogP contribution in [-0.4, -0.2) is 12.1 Å². The number of hydrogen-bond acceptors (Lipinski definition) is 2. The second kappa shape index (κ2) is 19.0. The van der Waals surface area contributed by atoms with Gasteiger partial charge in [0.15, 0.2) is 0 Å². The molecule has 0 aliphatic heterocycles. The molecule has 4 aliphatic carbocycles. The molecule has 0 aromatic heterocycles. The van der Waals surface area contributed by atoms with Gasteiger partial charge in [-0.2, -0.15) is 0 Å². The van der Waals surface area contributed by atoms with Crippen LogP contribution in [0.1, 0.15) is 189 Å². The Kier molecular flexibility index (Phi) is 15.4. The van der Waals surface area contributed by atoms with Crippen LogP contribution < -0.4 is 0 Å². The van der Waals surface area contributed by atoms with Gasteiger partial charge in [0.25, 0.3) is 0 Å². The number of rotatable bonds is 21. The number of carbonyl (C=O) groups is 1. The van der Waals surface area contributed by atoms with Crippen molar-refractivity contribution in [3.8, 4) is 0 Å². The lowest BCUT2D eigenvalue weighted by atomic mass is 9.54. The minimum absolute atomic E-state index is 0.0241. The lowest BCUT2D eigenvalue weighted by molar-refractivity contribution is -0.150. The second-order valence-corrected chi connectivity index (χ2v) is 17.2. The van der Waals surface area contributed by atoms with Crippen molar-refractivity contribution < 1.29 is 9.53 Å². The Hall–Kier alpha value is -1.57. The van der Waals surface area contributed by atoms with Gasteiger partial charge in [-0.1, -0.05) is 148 Å². The normalized spacial score (nSPS) is 29.2. The Morgan fingerprint density at radius 2 is 1.53 bits per heavy atom. The highest BCUT2D eigenvalue weighted by Crippen LogP contribution is 2.64. The molecule has 0 amide bonds. The summed E-state index contributed by atoms with van der Waals surface area (Å²) in [6, 6.07) is 0. The third-order valence-corrected chi connectivity index (χ3v) is 13.1. The number of unbranched alkanes of at least 4 members (excludes halogenated alkanes) is 11. The summed E-state index contributed by atoms with van der Waals surface area (Å²) in [5, 5.41) is 0. The van der Waals surface area contributed by atoms with E-state index in [9.17, 15) is 4.79 Å². The first-order valence-corrected chi connectivity index (χ1v) is 20.7. The highest BCUT2D eigenvalue weighted by atomic mass is 16.5. The monoisotopic (exact) mass is 647 g/mol. The van der Waals surface area contributed by atoms with Gasteiger partial charge in [-0.25, -0.2) is 0 Å². The van der Waals surface area contributed by atoms with Crippen molar-refractivity contribution in [3.63, 3.8) is 0 Å². The maximum absolute atomic E-state index is 12.8. The van der Waals surface area contributed by atoms with Gasteiger partial charge in [0.05, 0.1) is 0 Å². The number of carbonyl (C=O) groups excluding carboxylic acids is 1. The van der Waals surface area contributed by atoms with Gasteiger partial charge in [0.1, 0.15) is 6.10 Å². The first-order valence-electron chi connectivity index (χ1n) is 20.7. The fourth-order valence-electron chi connectivity index (χ4n) is 10.0. The van der Waals surface area contributed by atoms with Crippen molar-refractivity contribution in [1.29, 1.82) is 0 Å². The van der Waals surface area contributed by atoms with Gasteiger partial charge < -0.3 is 4.74 Å². The molecular weight excluding hydrogens is 572 g/mol. The molecule has 2 saturated carbocycles. The third kappa shape index (κ3) is 10.5. The van der Waals surface area contributed by atoms with E-state index in [4.69, 9.17) is 4.74 Å². The van der Waals surface area contributed by atoms with E-state index in [0.717, 1.165) is 49.9 Å². The Morgan fingerprint density at radius 3 is 2.23 bits per heavy atom. The Balaban J connectivity index is 1.15. The number of allylic oxidation sites excluding steroid dienone is 7. The van der Waals surface area contributed by atoms with Gasteiger partial charge >= 0.3 is 5.97 Å². The first kappa shape index (κ1) is 38.2. The van der Waals surface area contributed by atoms with Crippen molar-refractivity contribution in [2.75, 3.05) is 0 Å². The van der Waals surface area contributed by atoms with Crippen LogP contribution in [0.5, 0.6) is 0 Å². The molecule has 4 rings (SSSR count). The summed E-state index contributed by atoms with van der Waals surface area (Å²) in [6.45, 7) is 14.7. The van der Waals surface area contributed by atoms with Crippen LogP contribution in [0.4, 0.5) is 0 Å². The molecule has 0 spiro atoms. The van der Waals surface area contributed by atoms with Crippen LogP contribution in [-0.2, 0) is 9.53 Å². The fraction of sp³-hybridized carbons (Fsp3) is 0.800. The molecule has 6 atom stereocenters. The molecule has 0 bridgehead atoms. The maximum atomic E-state index is 12.8. The van der Waals surface area contributed by atoms with Crippen molar-refractivity contribution in [1.82, 2.24) is 0 Å². The topological polar surface area (TPSA) is 26.3 Å². The lowest BCUT2D eigenvalue weighted by Gasteiger charge is -2.51. The van der Waals surface area contributed by atoms with Gasteiger partial charge in [0.2, 0.25) is 0 Å². The summed E-state index contributed by atoms with van der Waals surface area (Å²) < 4.78 is 6.08. The quantitative estimate of drug-likeness (QED) is 0.0704. The standard InChI is InChI=1S/C45H74O2/c1-7-8-9-10-11-12-13-14-15-16-17-18-19-20-21-25-43(46)47-38-30-32-44(5)37(34-38)26-27-39-41-29-28-40(36(4)24-22-23-35(2)3)45(41,6)33-31-42(39)44/h14-15,26-27,31,35-36,38,40-41H,7-13,16-25,28-30,32-34H2,1-6H3/t36-,38+,40-,41?,44+,45-/m1/s1. The average molecular weight is 647 g/mol. The van der Waals surface area contributed by atoms with Crippen LogP contribution in [0.15, 0.2) is 47.1 Å². The van der Waals surface area contributed by atoms with E-state index in [1.807, 2.05) is 0 Å². The zero-order valence-electron chi connectivity index (χ0n) is 31.9. The van der Waals surface area contributed by atoms with E-state index in [1.54, 1.807) is 11.1 Å². The minimum Gasteiger partial charge on any atom is -0.462 e. The average Bonchev–Trinajstić information content (AvgIpc) is 3.40. The molecule has 0 radical (unpaired) electrons. The van der Waals surface area contributed by atoms with Gasteiger partial charge in [-0.3, -0.25) is 4.79 Å². The van der Waals surface area contributed by atoms with Crippen LogP contribution in [0.25, 0.3) is 0 Å². The number of fused-ring (bicyclic) bond motifs is 5. The summed E-state index contributed by atoms with van der Waals surface area (Å²) in [5.41, 5.74) is 5.31. The molecule has 266 valence electrons. The second-order valence-electron chi connectivity index (χ2n) is 17.2. The lowest BCUT2D eigenvalue weighted by Crippen LogP contribution is -2.41. The SMILES string of the molecule is CCCCCCCCC=CCCCCCCCC(=O)O[C@H]1CC[C@@]2(C)C(=CC=C3C2=CC[C@@]2(C)C3CC[C@@H]2[C@H](C)CCCC(C)C)C1. The highest BCUT2D eigenvalue weighted by Gasteiger charge is 2.54. The Labute approximate surface area is 291 Å². The van der Waals surface area contributed by atoms with Crippen LogP contribution in [0, 0.1) is 34.5 Å². The molecule has 2 nitrogen and oxygen atoms in total. The predicted octanol–water partition coefficient (Wildman–Crippen LogP) is 13.8. The van der Waals surface area contributed by atoms with Crippen LogP contribution in [0.2, 0.25) is 0 Å². The number of hydrogen-bond donors (Lipinski definition) is 0. The van der Waals surface area contributed by atoms with Crippen LogP contribution in [0.3, 0.4) is 0 Å². The van der Waals surface area contributed by atoms with Gasteiger partial charge in [0, 0.05) is 18.3 Å². The molecule has 2 fully saturated rings. The Morgan fingerprint density at radius 1 is 0.851 bits per heavy atom. The maximum Gasteiger partial charge on any atom is 0.306 e.